The molecule has 1 aromatic carbocycles. The Balaban J connectivity index is 1.83. The van der Waals surface area contributed by atoms with Crippen LogP contribution in [-0.2, 0) is 16.6 Å². The standard InChI is InChI=1S/C16H24N2O2S/c1-13-5-4-10-18(12-13)21(19,20)16-7-3-2-6-14(16)11-17-15-8-9-15/h2-3,6-7,13,15,17H,4-5,8-12H2,1H3. The van der Waals surface area contributed by atoms with Gasteiger partial charge < -0.3 is 5.32 Å². The van der Waals surface area contributed by atoms with Crippen LogP contribution in [0.4, 0.5) is 0 Å². The number of nitrogens with one attached hydrogen (secondary N) is 1. The first-order chi connectivity index (χ1) is 10.1. The van der Waals surface area contributed by atoms with Crippen molar-refractivity contribution < 1.29 is 8.42 Å². The van der Waals surface area contributed by atoms with Crippen molar-refractivity contribution in [1.29, 1.82) is 0 Å². The van der Waals surface area contributed by atoms with Gasteiger partial charge in [0.2, 0.25) is 10.0 Å². The minimum Gasteiger partial charge on any atom is -0.310 e. The van der Waals surface area contributed by atoms with Gasteiger partial charge in [-0.25, -0.2) is 8.42 Å². The average Bonchev–Trinajstić information content (AvgIpc) is 3.29. The van der Waals surface area contributed by atoms with Crippen molar-refractivity contribution in [3.05, 3.63) is 29.8 Å². The Morgan fingerprint density at radius 3 is 2.71 bits per heavy atom. The number of hydrogen-bond donors (Lipinski definition) is 1. The highest BCUT2D eigenvalue weighted by Gasteiger charge is 2.30. The topological polar surface area (TPSA) is 49.4 Å². The van der Waals surface area contributed by atoms with E-state index in [1.807, 2.05) is 18.2 Å². The summed E-state index contributed by atoms with van der Waals surface area (Å²) in [6.07, 6.45) is 4.50. The monoisotopic (exact) mass is 308 g/mol. The maximum atomic E-state index is 12.9. The molecule has 2 aliphatic rings. The molecule has 0 radical (unpaired) electrons. The lowest BCUT2D eigenvalue weighted by Crippen LogP contribution is -2.39. The van der Waals surface area contributed by atoms with Crippen LogP contribution in [0.25, 0.3) is 0 Å². The predicted molar refractivity (Wildman–Crippen MR) is 83.5 cm³/mol. The fourth-order valence-corrected chi connectivity index (χ4v) is 4.77. The molecule has 116 valence electrons. The van der Waals surface area contributed by atoms with Gasteiger partial charge >= 0.3 is 0 Å². The van der Waals surface area contributed by atoms with Crippen molar-refractivity contribution in [1.82, 2.24) is 9.62 Å². The van der Waals surface area contributed by atoms with E-state index in [4.69, 9.17) is 0 Å². The fourth-order valence-electron chi connectivity index (χ4n) is 2.95. The molecule has 1 aliphatic heterocycles. The molecule has 1 heterocycles. The van der Waals surface area contributed by atoms with Gasteiger partial charge in [0.05, 0.1) is 4.90 Å². The number of rotatable bonds is 5. The smallest absolute Gasteiger partial charge is 0.243 e. The molecule has 1 N–H and O–H groups in total. The van der Waals surface area contributed by atoms with Gasteiger partial charge in [-0.2, -0.15) is 4.31 Å². The van der Waals surface area contributed by atoms with E-state index in [1.165, 1.54) is 12.8 Å². The third-order valence-electron chi connectivity index (χ3n) is 4.37. The predicted octanol–water partition coefficient (Wildman–Crippen LogP) is 2.36. The number of benzene rings is 1. The summed E-state index contributed by atoms with van der Waals surface area (Å²) in [4.78, 5) is 0.479. The van der Waals surface area contributed by atoms with Gasteiger partial charge in [-0.15, -0.1) is 0 Å². The molecule has 0 aromatic heterocycles. The summed E-state index contributed by atoms with van der Waals surface area (Å²) in [5.41, 5.74) is 0.891. The normalized spacial score (nSPS) is 24.1. The number of piperidine rings is 1. The maximum absolute atomic E-state index is 12.9. The SMILES string of the molecule is CC1CCCN(S(=O)(=O)c2ccccc2CNC2CC2)C1. The molecule has 1 saturated carbocycles. The van der Waals surface area contributed by atoms with Gasteiger partial charge in [-0.1, -0.05) is 25.1 Å². The summed E-state index contributed by atoms with van der Waals surface area (Å²) in [6.45, 7) is 4.06. The van der Waals surface area contributed by atoms with E-state index in [9.17, 15) is 8.42 Å². The molecular weight excluding hydrogens is 284 g/mol. The van der Waals surface area contributed by atoms with Gasteiger partial charge in [0.1, 0.15) is 0 Å². The summed E-state index contributed by atoms with van der Waals surface area (Å²) in [5, 5.41) is 3.41. The Bertz CT molecular complexity index is 596. The van der Waals surface area contributed by atoms with Gasteiger partial charge in [0, 0.05) is 25.7 Å². The van der Waals surface area contributed by atoms with Gasteiger partial charge in [-0.3, -0.25) is 0 Å². The zero-order valence-electron chi connectivity index (χ0n) is 12.6. The van der Waals surface area contributed by atoms with Crippen LogP contribution in [0, 0.1) is 5.92 Å². The van der Waals surface area contributed by atoms with E-state index in [-0.39, 0.29) is 0 Å². The highest BCUT2D eigenvalue weighted by Crippen LogP contribution is 2.26. The molecule has 0 spiro atoms. The summed E-state index contributed by atoms with van der Waals surface area (Å²) in [5.74, 6) is 0.449. The van der Waals surface area contributed by atoms with E-state index in [0.717, 1.165) is 18.4 Å². The molecule has 0 bridgehead atoms. The first-order valence-electron chi connectivity index (χ1n) is 7.89. The third kappa shape index (κ3) is 3.47. The fraction of sp³-hybridized carbons (Fsp3) is 0.625. The maximum Gasteiger partial charge on any atom is 0.243 e. The highest BCUT2D eigenvalue weighted by atomic mass is 32.2. The zero-order valence-corrected chi connectivity index (χ0v) is 13.4. The average molecular weight is 308 g/mol. The molecule has 21 heavy (non-hydrogen) atoms. The molecular formula is C16H24N2O2S. The minimum atomic E-state index is -3.36. The second-order valence-corrected chi connectivity index (χ2v) is 8.28. The van der Waals surface area contributed by atoms with E-state index in [0.29, 0.717) is 36.5 Å². The van der Waals surface area contributed by atoms with Crippen molar-refractivity contribution in [2.45, 2.75) is 50.1 Å². The number of sulfonamides is 1. The lowest BCUT2D eigenvalue weighted by atomic mass is 10.0. The van der Waals surface area contributed by atoms with Gasteiger partial charge in [-0.05, 0) is 43.2 Å². The summed E-state index contributed by atoms with van der Waals surface area (Å²) in [6, 6.07) is 7.99. The molecule has 1 unspecified atom stereocenters. The van der Waals surface area contributed by atoms with E-state index >= 15 is 0 Å². The Kier molecular flexibility index (Phi) is 4.33. The first-order valence-corrected chi connectivity index (χ1v) is 9.33. The molecule has 2 fully saturated rings. The van der Waals surface area contributed by atoms with Crippen molar-refractivity contribution in [2.75, 3.05) is 13.1 Å². The van der Waals surface area contributed by atoms with Crippen LogP contribution in [0.15, 0.2) is 29.2 Å². The lowest BCUT2D eigenvalue weighted by Gasteiger charge is -2.30. The number of nitrogens with zero attached hydrogens (tertiary/aromatic N) is 1. The quantitative estimate of drug-likeness (QED) is 0.908. The van der Waals surface area contributed by atoms with E-state index < -0.39 is 10.0 Å². The lowest BCUT2D eigenvalue weighted by molar-refractivity contribution is 0.281. The van der Waals surface area contributed by atoms with Crippen LogP contribution in [-0.4, -0.2) is 31.9 Å². The van der Waals surface area contributed by atoms with Crippen LogP contribution in [0.2, 0.25) is 0 Å². The van der Waals surface area contributed by atoms with Crippen LogP contribution in [0.1, 0.15) is 38.2 Å². The zero-order chi connectivity index (χ0) is 14.9. The van der Waals surface area contributed by atoms with Crippen LogP contribution in [0.3, 0.4) is 0 Å². The minimum absolute atomic E-state index is 0.449. The van der Waals surface area contributed by atoms with Crippen molar-refractivity contribution in [3.8, 4) is 0 Å². The Morgan fingerprint density at radius 2 is 2.00 bits per heavy atom. The van der Waals surface area contributed by atoms with Crippen LogP contribution in [0.5, 0.6) is 0 Å². The molecule has 0 amide bonds. The van der Waals surface area contributed by atoms with E-state index in [1.54, 1.807) is 10.4 Å². The second-order valence-electron chi connectivity index (χ2n) is 6.37. The summed E-state index contributed by atoms with van der Waals surface area (Å²) < 4.78 is 27.5. The molecule has 4 nitrogen and oxygen atoms in total. The Labute approximate surface area is 127 Å². The highest BCUT2D eigenvalue weighted by molar-refractivity contribution is 7.89. The van der Waals surface area contributed by atoms with Gasteiger partial charge in [0.25, 0.3) is 0 Å². The van der Waals surface area contributed by atoms with Crippen molar-refractivity contribution in [3.63, 3.8) is 0 Å². The van der Waals surface area contributed by atoms with E-state index in [2.05, 4.69) is 12.2 Å². The molecule has 1 aromatic rings. The Hall–Kier alpha value is -0.910. The van der Waals surface area contributed by atoms with Gasteiger partial charge in [0.15, 0.2) is 0 Å². The summed E-state index contributed by atoms with van der Waals surface area (Å²) in [7, 11) is -3.36. The molecule has 1 saturated heterocycles. The van der Waals surface area contributed by atoms with Crippen molar-refractivity contribution in [2.24, 2.45) is 5.92 Å². The molecule has 3 rings (SSSR count). The Morgan fingerprint density at radius 1 is 1.24 bits per heavy atom. The third-order valence-corrected chi connectivity index (χ3v) is 6.33. The van der Waals surface area contributed by atoms with Crippen LogP contribution >= 0.6 is 0 Å². The summed E-state index contributed by atoms with van der Waals surface area (Å²) >= 11 is 0. The van der Waals surface area contributed by atoms with Crippen molar-refractivity contribution >= 4 is 10.0 Å². The molecule has 5 heteroatoms. The first kappa shape index (κ1) is 15.0. The second kappa shape index (κ2) is 6.07. The molecule has 1 atom stereocenters. The molecule has 1 aliphatic carbocycles. The number of hydrogen-bond acceptors (Lipinski definition) is 3. The largest absolute Gasteiger partial charge is 0.310 e. The van der Waals surface area contributed by atoms with Crippen LogP contribution < -0.4 is 5.32 Å².